The van der Waals surface area contributed by atoms with E-state index in [9.17, 15) is 9.59 Å². The number of aromatic nitrogens is 4. The number of hydrogen-bond acceptors (Lipinski definition) is 6. The minimum Gasteiger partial charge on any atom is -0.324 e. The Morgan fingerprint density at radius 1 is 1.00 bits per heavy atom. The fourth-order valence-electron chi connectivity index (χ4n) is 3.92. The molecule has 0 aliphatic carbocycles. The van der Waals surface area contributed by atoms with Gasteiger partial charge in [0, 0.05) is 41.8 Å². The van der Waals surface area contributed by atoms with E-state index in [4.69, 9.17) is 4.84 Å². The van der Waals surface area contributed by atoms with Gasteiger partial charge in [-0.1, -0.05) is 19.1 Å². The molecule has 0 spiro atoms. The van der Waals surface area contributed by atoms with E-state index in [0.717, 1.165) is 23.5 Å². The van der Waals surface area contributed by atoms with Crippen molar-refractivity contribution in [1.29, 1.82) is 0 Å². The molecule has 0 saturated heterocycles. The van der Waals surface area contributed by atoms with Crippen molar-refractivity contribution in [1.82, 2.24) is 24.6 Å². The number of rotatable bonds is 7. The van der Waals surface area contributed by atoms with Crippen molar-refractivity contribution in [2.24, 2.45) is 0 Å². The van der Waals surface area contributed by atoms with Gasteiger partial charge in [0.1, 0.15) is 5.56 Å². The van der Waals surface area contributed by atoms with Crippen LogP contribution in [-0.2, 0) is 11.3 Å². The monoisotopic (exact) mass is 480 g/mol. The molecule has 0 bridgehead atoms. The Balaban J connectivity index is 1.57. The molecule has 1 amide bonds. The molecule has 2 aromatic carbocycles. The van der Waals surface area contributed by atoms with Gasteiger partial charge in [-0.25, -0.2) is 10.5 Å². The Hall–Kier alpha value is -4.76. The maximum absolute atomic E-state index is 13.1. The van der Waals surface area contributed by atoms with Crippen molar-refractivity contribution < 1.29 is 9.63 Å². The van der Waals surface area contributed by atoms with Crippen molar-refractivity contribution in [3.8, 4) is 11.4 Å². The van der Waals surface area contributed by atoms with E-state index in [-0.39, 0.29) is 10.9 Å². The minimum absolute atomic E-state index is 0.0752. The molecule has 180 valence electrons. The van der Waals surface area contributed by atoms with Gasteiger partial charge in [-0.05, 0) is 60.5 Å². The van der Waals surface area contributed by atoms with Crippen molar-refractivity contribution in [3.05, 3.63) is 107 Å². The van der Waals surface area contributed by atoms with E-state index < -0.39 is 11.3 Å². The molecule has 36 heavy (non-hydrogen) atoms. The highest BCUT2D eigenvalue weighted by Crippen LogP contribution is 2.21. The van der Waals surface area contributed by atoms with E-state index in [0.29, 0.717) is 11.6 Å². The van der Waals surface area contributed by atoms with Crippen LogP contribution in [0.1, 0.15) is 22.8 Å². The van der Waals surface area contributed by atoms with Gasteiger partial charge < -0.3 is 14.5 Å². The number of carbonyl (C=O) groups is 1. The highest BCUT2D eigenvalue weighted by atomic mass is 16.6. The summed E-state index contributed by atoms with van der Waals surface area (Å²) in [6.07, 6.45) is 7.75. The zero-order chi connectivity index (χ0) is 25.1. The summed E-state index contributed by atoms with van der Waals surface area (Å²) in [4.78, 5) is 39.3. The second kappa shape index (κ2) is 9.85. The molecule has 0 atom stereocenters. The number of hydrogen-bond donors (Lipinski definition) is 2. The predicted molar refractivity (Wildman–Crippen MR) is 138 cm³/mol. The highest BCUT2D eigenvalue weighted by molar-refractivity contribution is 5.96. The smallest absolute Gasteiger partial charge is 0.280 e. The largest absolute Gasteiger partial charge is 0.324 e. The number of pyridine rings is 1. The number of nitrogens with zero attached hydrogens (tertiary/aromatic N) is 4. The average Bonchev–Trinajstić information content (AvgIpc) is 3.45. The Bertz CT molecular complexity index is 1570. The average molecular weight is 481 g/mol. The lowest BCUT2D eigenvalue weighted by atomic mass is 10.1. The summed E-state index contributed by atoms with van der Waals surface area (Å²) in [5.74, 6) is -0.322. The Kier molecular flexibility index (Phi) is 6.29. The van der Waals surface area contributed by atoms with Crippen LogP contribution in [0.2, 0.25) is 0 Å². The molecular formula is C27H24N6O3. The zero-order valence-corrected chi connectivity index (χ0v) is 19.8. The number of carbonyl (C=O) groups excluding carboxylic acids is 1. The van der Waals surface area contributed by atoms with Gasteiger partial charge in [0.2, 0.25) is 11.4 Å². The van der Waals surface area contributed by atoms with Crippen LogP contribution in [0.25, 0.3) is 22.4 Å². The fourth-order valence-corrected chi connectivity index (χ4v) is 3.92. The maximum Gasteiger partial charge on any atom is 0.280 e. The lowest BCUT2D eigenvalue weighted by molar-refractivity contribution is 0.0536. The van der Waals surface area contributed by atoms with E-state index in [2.05, 4.69) is 27.7 Å². The van der Waals surface area contributed by atoms with E-state index in [1.807, 2.05) is 77.6 Å². The SMILES string of the molecule is CCc1ccc(-n2cc(C(=O)NOC)c(=O)c3cnc(Nc4ccc(-n5cccc5)cc4)nc32)cc1. The third-order valence-electron chi connectivity index (χ3n) is 5.83. The van der Waals surface area contributed by atoms with Crippen LogP contribution >= 0.6 is 0 Å². The number of aryl methyl sites for hydroxylation is 1. The second-order valence-corrected chi connectivity index (χ2v) is 8.09. The van der Waals surface area contributed by atoms with Gasteiger partial charge in [-0.15, -0.1) is 0 Å². The van der Waals surface area contributed by atoms with Gasteiger partial charge in [0.25, 0.3) is 5.91 Å². The minimum atomic E-state index is -0.645. The lowest BCUT2D eigenvalue weighted by Gasteiger charge is -2.14. The summed E-state index contributed by atoms with van der Waals surface area (Å²) in [6, 6.07) is 19.6. The first-order valence-electron chi connectivity index (χ1n) is 11.4. The maximum atomic E-state index is 13.1. The number of nitrogens with one attached hydrogen (secondary N) is 2. The van der Waals surface area contributed by atoms with E-state index in [1.165, 1.54) is 25.1 Å². The van der Waals surface area contributed by atoms with E-state index >= 15 is 0 Å². The number of hydroxylamine groups is 1. The molecule has 5 aromatic rings. The van der Waals surface area contributed by atoms with Crippen LogP contribution in [0.4, 0.5) is 11.6 Å². The molecule has 2 N–H and O–H groups in total. The number of benzene rings is 2. The molecule has 0 unspecified atom stereocenters. The van der Waals surface area contributed by atoms with Crippen LogP contribution in [0.5, 0.6) is 0 Å². The first-order chi connectivity index (χ1) is 17.6. The molecule has 9 heteroatoms. The number of anilines is 2. The number of amides is 1. The van der Waals surface area contributed by atoms with Gasteiger partial charge in [0.05, 0.1) is 12.5 Å². The Labute approximate surface area is 207 Å². The molecule has 0 radical (unpaired) electrons. The quantitative estimate of drug-likeness (QED) is 0.339. The summed E-state index contributed by atoms with van der Waals surface area (Å²) in [6.45, 7) is 2.08. The van der Waals surface area contributed by atoms with Crippen LogP contribution in [0.3, 0.4) is 0 Å². The van der Waals surface area contributed by atoms with E-state index in [1.54, 1.807) is 4.57 Å². The van der Waals surface area contributed by atoms with Crippen molar-refractivity contribution >= 4 is 28.6 Å². The van der Waals surface area contributed by atoms with Crippen LogP contribution in [0.15, 0.2) is 90.2 Å². The zero-order valence-electron chi connectivity index (χ0n) is 19.8. The van der Waals surface area contributed by atoms with Gasteiger partial charge in [0.15, 0.2) is 5.65 Å². The molecule has 0 aliphatic rings. The summed E-state index contributed by atoms with van der Waals surface area (Å²) in [7, 11) is 1.31. The number of fused-ring (bicyclic) bond motifs is 1. The molecule has 0 fully saturated rings. The second-order valence-electron chi connectivity index (χ2n) is 8.09. The predicted octanol–water partition coefficient (Wildman–Crippen LogP) is 4.17. The normalized spacial score (nSPS) is 10.9. The van der Waals surface area contributed by atoms with Crippen LogP contribution in [0, 0.1) is 0 Å². The third-order valence-corrected chi connectivity index (χ3v) is 5.83. The molecule has 0 aliphatic heterocycles. The fraction of sp³-hybridized carbons (Fsp3) is 0.111. The molecule has 0 saturated carbocycles. The summed E-state index contributed by atoms with van der Waals surface area (Å²) in [5.41, 5.74) is 5.77. The van der Waals surface area contributed by atoms with Crippen LogP contribution in [-0.4, -0.2) is 32.1 Å². The highest BCUT2D eigenvalue weighted by Gasteiger charge is 2.18. The molecule has 5 rings (SSSR count). The topological polar surface area (TPSA) is 103 Å². The molecule has 3 heterocycles. The summed E-state index contributed by atoms with van der Waals surface area (Å²) < 4.78 is 3.72. The molecule has 9 nitrogen and oxygen atoms in total. The summed E-state index contributed by atoms with van der Waals surface area (Å²) in [5, 5.41) is 3.41. The summed E-state index contributed by atoms with van der Waals surface area (Å²) >= 11 is 0. The van der Waals surface area contributed by atoms with Gasteiger partial charge in [-0.3, -0.25) is 14.4 Å². The molecular weight excluding hydrogens is 456 g/mol. The standard InChI is InChI=1S/C27H24N6O3/c1-3-18-6-10-21(11-7-18)33-17-23(26(35)31-36-2)24(34)22-16-28-27(30-25(22)33)29-19-8-12-20(13-9-19)32-14-4-5-15-32/h4-17H,3H2,1-2H3,(H,31,35)(H,28,29,30). The van der Waals surface area contributed by atoms with Crippen molar-refractivity contribution in [3.63, 3.8) is 0 Å². The first kappa shape index (κ1) is 23.0. The lowest BCUT2D eigenvalue weighted by Crippen LogP contribution is -2.29. The third kappa shape index (κ3) is 4.47. The Morgan fingerprint density at radius 3 is 2.36 bits per heavy atom. The molecule has 3 aromatic heterocycles. The first-order valence-corrected chi connectivity index (χ1v) is 11.4. The van der Waals surface area contributed by atoms with Crippen LogP contribution < -0.4 is 16.2 Å². The van der Waals surface area contributed by atoms with Gasteiger partial charge in [-0.2, -0.15) is 4.98 Å². The van der Waals surface area contributed by atoms with Gasteiger partial charge >= 0.3 is 0 Å². The van der Waals surface area contributed by atoms with Crippen molar-refractivity contribution in [2.75, 3.05) is 12.4 Å². The Morgan fingerprint density at radius 2 is 1.69 bits per heavy atom. The van der Waals surface area contributed by atoms with Crippen molar-refractivity contribution in [2.45, 2.75) is 13.3 Å².